The lowest BCUT2D eigenvalue weighted by Gasteiger charge is -2.28. The summed E-state index contributed by atoms with van der Waals surface area (Å²) >= 11 is 0. The molecule has 0 radical (unpaired) electrons. The average Bonchev–Trinajstić information content (AvgIpc) is 2.81. The number of carbonyl (C=O) groups is 2. The summed E-state index contributed by atoms with van der Waals surface area (Å²) in [7, 11) is 0. The number of hydrogen-bond acceptors (Lipinski definition) is 2. The van der Waals surface area contributed by atoms with Crippen LogP contribution < -0.4 is 5.32 Å². The third kappa shape index (κ3) is 3.48. The normalized spacial score (nSPS) is 35.0. The quantitative estimate of drug-likeness (QED) is 0.822. The minimum atomic E-state index is -0.811. The second kappa shape index (κ2) is 6.40. The van der Waals surface area contributed by atoms with Crippen LogP contribution in [0, 0.1) is 23.7 Å². The van der Waals surface area contributed by atoms with Gasteiger partial charge < -0.3 is 10.4 Å². The van der Waals surface area contributed by atoms with Gasteiger partial charge in [-0.1, -0.05) is 32.6 Å². The molecule has 2 rings (SSSR count). The Morgan fingerprint density at radius 3 is 2.32 bits per heavy atom. The van der Waals surface area contributed by atoms with E-state index in [4.69, 9.17) is 0 Å². The highest BCUT2D eigenvalue weighted by Gasteiger charge is 2.36. The van der Waals surface area contributed by atoms with Gasteiger partial charge >= 0.3 is 5.97 Å². The first-order valence-corrected chi connectivity index (χ1v) is 7.60. The van der Waals surface area contributed by atoms with Gasteiger partial charge in [0.25, 0.3) is 0 Å². The van der Waals surface area contributed by atoms with Crippen molar-refractivity contribution < 1.29 is 14.7 Å². The highest BCUT2D eigenvalue weighted by atomic mass is 16.4. The molecule has 0 heterocycles. The number of carbonyl (C=O) groups excluding carboxylic acids is 1. The van der Waals surface area contributed by atoms with E-state index in [0.29, 0.717) is 18.3 Å². The van der Waals surface area contributed by atoms with Gasteiger partial charge in [0.1, 0.15) is 0 Å². The first-order chi connectivity index (χ1) is 9.09. The van der Waals surface area contributed by atoms with Gasteiger partial charge in [-0.3, -0.25) is 9.59 Å². The first kappa shape index (κ1) is 14.4. The van der Waals surface area contributed by atoms with Gasteiger partial charge in [-0.2, -0.15) is 0 Å². The van der Waals surface area contributed by atoms with Gasteiger partial charge in [-0.05, 0) is 31.1 Å². The van der Waals surface area contributed by atoms with E-state index in [2.05, 4.69) is 12.2 Å². The van der Waals surface area contributed by atoms with Crippen LogP contribution in [0.15, 0.2) is 0 Å². The molecule has 0 aromatic carbocycles. The van der Waals surface area contributed by atoms with Crippen molar-refractivity contribution in [3.63, 3.8) is 0 Å². The third-order valence-corrected chi connectivity index (χ3v) is 5.00. The molecule has 1 amide bonds. The average molecular weight is 267 g/mol. The number of rotatable bonds is 4. The fourth-order valence-electron chi connectivity index (χ4n) is 3.63. The minimum Gasteiger partial charge on any atom is -0.481 e. The van der Waals surface area contributed by atoms with E-state index in [0.717, 1.165) is 25.8 Å². The summed E-state index contributed by atoms with van der Waals surface area (Å²) < 4.78 is 0. The molecular formula is C15H25NO3. The predicted octanol–water partition coefficient (Wildman–Crippen LogP) is 2.43. The van der Waals surface area contributed by atoms with Gasteiger partial charge in [0, 0.05) is 6.54 Å². The predicted molar refractivity (Wildman–Crippen MR) is 72.6 cm³/mol. The molecule has 2 aliphatic carbocycles. The summed E-state index contributed by atoms with van der Waals surface area (Å²) in [5.74, 6) is -0.379. The second-order valence-corrected chi connectivity index (χ2v) is 6.25. The van der Waals surface area contributed by atoms with Gasteiger partial charge in [0.05, 0.1) is 11.8 Å². The SMILES string of the molecule is CC1CCCC1CNC(=O)C1CCCCC1C(=O)O. The van der Waals surface area contributed by atoms with Gasteiger partial charge in [0.2, 0.25) is 5.91 Å². The molecule has 4 atom stereocenters. The van der Waals surface area contributed by atoms with Crippen LogP contribution in [-0.2, 0) is 9.59 Å². The molecule has 19 heavy (non-hydrogen) atoms. The summed E-state index contributed by atoms with van der Waals surface area (Å²) in [5, 5.41) is 12.2. The van der Waals surface area contributed by atoms with Crippen molar-refractivity contribution in [2.24, 2.45) is 23.7 Å². The Kier molecular flexibility index (Phi) is 4.83. The van der Waals surface area contributed by atoms with Crippen LogP contribution in [0.3, 0.4) is 0 Å². The maximum absolute atomic E-state index is 12.2. The molecule has 4 unspecified atom stereocenters. The number of amides is 1. The molecule has 0 bridgehead atoms. The molecule has 4 heteroatoms. The second-order valence-electron chi connectivity index (χ2n) is 6.25. The van der Waals surface area contributed by atoms with E-state index in [1.807, 2.05) is 0 Å². The molecule has 2 fully saturated rings. The molecule has 0 saturated heterocycles. The van der Waals surface area contributed by atoms with E-state index in [1.165, 1.54) is 19.3 Å². The van der Waals surface area contributed by atoms with Crippen LogP contribution in [-0.4, -0.2) is 23.5 Å². The number of nitrogens with one attached hydrogen (secondary N) is 1. The monoisotopic (exact) mass is 267 g/mol. The lowest BCUT2D eigenvalue weighted by atomic mass is 9.78. The number of aliphatic carboxylic acids is 1. The van der Waals surface area contributed by atoms with Crippen LogP contribution in [0.25, 0.3) is 0 Å². The van der Waals surface area contributed by atoms with E-state index in [-0.39, 0.29) is 11.8 Å². The summed E-state index contributed by atoms with van der Waals surface area (Å²) in [6.07, 6.45) is 6.97. The largest absolute Gasteiger partial charge is 0.481 e. The van der Waals surface area contributed by atoms with E-state index >= 15 is 0 Å². The first-order valence-electron chi connectivity index (χ1n) is 7.60. The number of carboxylic acids is 1. The Morgan fingerprint density at radius 1 is 1.05 bits per heavy atom. The summed E-state index contributed by atoms with van der Waals surface area (Å²) in [6, 6.07) is 0. The lowest BCUT2D eigenvalue weighted by Crippen LogP contribution is -2.41. The number of carboxylic acid groups (broad SMARTS) is 1. The Labute approximate surface area is 115 Å². The fraction of sp³-hybridized carbons (Fsp3) is 0.867. The molecular weight excluding hydrogens is 242 g/mol. The van der Waals surface area contributed by atoms with Crippen molar-refractivity contribution in [2.45, 2.75) is 51.9 Å². The fourth-order valence-corrected chi connectivity index (χ4v) is 3.63. The standard InChI is InChI=1S/C15H25NO3/c1-10-5-4-6-11(10)9-16-14(17)12-7-2-3-8-13(12)15(18)19/h10-13H,2-9H2,1H3,(H,16,17)(H,18,19). The molecule has 108 valence electrons. The third-order valence-electron chi connectivity index (χ3n) is 5.00. The van der Waals surface area contributed by atoms with E-state index < -0.39 is 11.9 Å². The highest BCUT2D eigenvalue weighted by Crippen LogP contribution is 2.32. The zero-order valence-corrected chi connectivity index (χ0v) is 11.7. The van der Waals surface area contributed by atoms with Gasteiger partial charge in [0.15, 0.2) is 0 Å². The maximum atomic E-state index is 12.2. The molecule has 0 spiro atoms. The maximum Gasteiger partial charge on any atom is 0.307 e. The van der Waals surface area contributed by atoms with Gasteiger partial charge in [-0.15, -0.1) is 0 Å². The number of hydrogen-bond donors (Lipinski definition) is 2. The summed E-state index contributed by atoms with van der Waals surface area (Å²) in [6.45, 7) is 2.97. The van der Waals surface area contributed by atoms with Crippen molar-refractivity contribution in [3.05, 3.63) is 0 Å². The van der Waals surface area contributed by atoms with Crippen LogP contribution >= 0.6 is 0 Å². The van der Waals surface area contributed by atoms with Crippen LogP contribution in [0.4, 0.5) is 0 Å². The molecule has 0 aliphatic heterocycles. The van der Waals surface area contributed by atoms with Crippen molar-refractivity contribution in [1.29, 1.82) is 0 Å². The Bertz CT molecular complexity index is 342. The molecule has 2 saturated carbocycles. The molecule has 2 N–H and O–H groups in total. The molecule has 0 aromatic heterocycles. The Hall–Kier alpha value is -1.06. The van der Waals surface area contributed by atoms with Crippen molar-refractivity contribution in [2.75, 3.05) is 6.54 Å². The van der Waals surface area contributed by atoms with Crippen molar-refractivity contribution in [3.8, 4) is 0 Å². The van der Waals surface area contributed by atoms with Crippen LogP contribution in [0.5, 0.6) is 0 Å². The smallest absolute Gasteiger partial charge is 0.307 e. The molecule has 2 aliphatic rings. The summed E-state index contributed by atoms with van der Waals surface area (Å²) in [4.78, 5) is 23.4. The molecule has 4 nitrogen and oxygen atoms in total. The zero-order valence-electron chi connectivity index (χ0n) is 11.7. The zero-order chi connectivity index (χ0) is 13.8. The minimum absolute atomic E-state index is 0.0359. The Morgan fingerprint density at radius 2 is 1.74 bits per heavy atom. The molecule has 0 aromatic rings. The lowest BCUT2D eigenvalue weighted by molar-refractivity contribution is -0.149. The van der Waals surface area contributed by atoms with Crippen molar-refractivity contribution in [1.82, 2.24) is 5.32 Å². The highest BCUT2D eigenvalue weighted by molar-refractivity contribution is 5.84. The van der Waals surface area contributed by atoms with E-state index in [9.17, 15) is 14.7 Å². The van der Waals surface area contributed by atoms with Crippen LogP contribution in [0.1, 0.15) is 51.9 Å². The van der Waals surface area contributed by atoms with Gasteiger partial charge in [-0.25, -0.2) is 0 Å². The van der Waals surface area contributed by atoms with E-state index in [1.54, 1.807) is 0 Å². The Balaban J connectivity index is 1.85. The van der Waals surface area contributed by atoms with Crippen LogP contribution in [0.2, 0.25) is 0 Å². The topological polar surface area (TPSA) is 66.4 Å². The summed E-state index contributed by atoms with van der Waals surface area (Å²) in [5.41, 5.74) is 0. The van der Waals surface area contributed by atoms with Crippen molar-refractivity contribution >= 4 is 11.9 Å².